The predicted molar refractivity (Wildman–Crippen MR) is 72.2 cm³/mol. The Balaban J connectivity index is 2.19. The zero-order valence-electron chi connectivity index (χ0n) is 11.0. The van der Waals surface area contributed by atoms with Gasteiger partial charge in [-0.05, 0) is 25.5 Å². The molecule has 1 rings (SSSR count). The average Bonchev–Trinajstić information content (AvgIpc) is 2.35. The Bertz CT molecular complexity index is 302. The summed E-state index contributed by atoms with van der Waals surface area (Å²) >= 11 is 0. The minimum Gasteiger partial charge on any atom is -0.375 e. The standard InChI is InChI=1S/C14H24N2O/c1-3-5-6-7-11-17-12-13-9-8-10-14(16-13)15-4-2/h8-10H,3-7,11-12H2,1-2H3,(H,15,16). The van der Waals surface area contributed by atoms with Crippen LogP contribution in [0.3, 0.4) is 0 Å². The van der Waals surface area contributed by atoms with E-state index in [1.165, 1.54) is 19.3 Å². The van der Waals surface area contributed by atoms with Crippen molar-refractivity contribution < 1.29 is 4.74 Å². The van der Waals surface area contributed by atoms with Gasteiger partial charge in [-0.3, -0.25) is 0 Å². The summed E-state index contributed by atoms with van der Waals surface area (Å²) in [6, 6.07) is 6.00. The molecule has 0 radical (unpaired) electrons. The quantitative estimate of drug-likeness (QED) is 0.665. The highest BCUT2D eigenvalue weighted by molar-refractivity contribution is 5.34. The van der Waals surface area contributed by atoms with Crippen molar-refractivity contribution in [3.05, 3.63) is 23.9 Å². The van der Waals surface area contributed by atoms with Gasteiger partial charge in [0, 0.05) is 13.2 Å². The second kappa shape index (κ2) is 8.99. The van der Waals surface area contributed by atoms with Crippen LogP contribution in [0.5, 0.6) is 0 Å². The van der Waals surface area contributed by atoms with Gasteiger partial charge in [-0.15, -0.1) is 0 Å². The third kappa shape index (κ3) is 6.27. The molecule has 1 aromatic rings. The zero-order chi connectivity index (χ0) is 12.3. The average molecular weight is 236 g/mol. The lowest BCUT2D eigenvalue weighted by atomic mass is 10.2. The van der Waals surface area contributed by atoms with E-state index in [-0.39, 0.29) is 0 Å². The van der Waals surface area contributed by atoms with Crippen LogP contribution < -0.4 is 5.32 Å². The molecule has 0 atom stereocenters. The van der Waals surface area contributed by atoms with Crippen LogP contribution in [0, 0.1) is 0 Å². The molecule has 0 aliphatic carbocycles. The smallest absolute Gasteiger partial charge is 0.126 e. The van der Waals surface area contributed by atoms with Gasteiger partial charge in [0.15, 0.2) is 0 Å². The summed E-state index contributed by atoms with van der Waals surface area (Å²) in [4.78, 5) is 4.46. The maximum absolute atomic E-state index is 5.61. The van der Waals surface area contributed by atoms with E-state index in [9.17, 15) is 0 Å². The van der Waals surface area contributed by atoms with Crippen molar-refractivity contribution in [1.29, 1.82) is 0 Å². The minimum absolute atomic E-state index is 0.616. The molecule has 1 heterocycles. The van der Waals surface area contributed by atoms with Crippen molar-refractivity contribution in [1.82, 2.24) is 4.98 Å². The predicted octanol–water partition coefficient (Wildman–Crippen LogP) is 3.61. The zero-order valence-corrected chi connectivity index (χ0v) is 11.0. The highest BCUT2D eigenvalue weighted by Crippen LogP contribution is 2.06. The Morgan fingerprint density at radius 2 is 2.06 bits per heavy atom. The van der Waals surface area contributed by atoms with Gasteiger partial charge in [-0.1, -0.05) is 32.3 Å². The molecule has 0 aliphatic heterocycles. The molecule has 0 saturated heterocycles. The first kappa shape index (κ1) is 14.0. The molecule has 3 heteroatoms. The molecular formula is C14H24N2O. The maximum Gasteiger partial charge on any atom is 0.126 e. The lowest BCUT2D eigenvalue weighted by Gasteiger charge is -2.06. The van der Waals surface area contributed by atoms with Gasteiger partial charge in [0.1, 0.15) is 5.82 Å². The van der Waals surface area contributed by atoms with E-state index >= 15 is 0 Å². The van der Waals surface area contributed by atoms with Crippen LogP contribution in [0.2, 0.25) is 0 Å². The monoisotopic (exact) mass is 236 g/mol. The molecule has 3 nitrogen and oxygen atoms in total. The van der Waals surface area contributed by atoms with Crippen LogP contribution in [0.15, 0.2) is 18.2 Å². The molecule has 0 fully saturated rings. The molecular weight excluding hydrogens is 212 g/mol. The van der Waals surface area contributed by atoms with Gasteiger partial charge in [0.25, 0.3) is 0 Å². The Morgan fingerprint density at radius 3 is 2.82 bits per heavy atom. The topological polar surface area (TPSA) is 34.1 Å². The van der Waals surface area contributed by atoms with Crippen LogP contribution in [-0.2, 0) is 11.3 Å². The molecule has 0 spiro atoms. The molecule has 1 N–H and O–H groups in total. The highest BCUT2D eigenvalue weighted by Gasteiger charge is 1.97. The summed E-state index contributed by atoms with van der Waals surface area (Å²) < 4.78 is 5.61. The Morgan fingerprint density at radius 1 is 1.18 bits per heavy atom. The van der Waals surface area contributed by atoms with Crippen molar-refractivity contribution in [3.63, 3.8) is 0 Å². The number of nitrogens with one attached hydrogen (secondary N) is 1. The van der Waals surface area contributed by atoms with E-state index in [2.05, 4.69) is 24.1 Å². The Kier molecular flexibility index (Phi) is 7.39. The normalized spacial score (nSPS) is 10.5. The lowest BCUT2D eigenvalue weighted by molar-refractivity contribution is 0.114. The van der Waals surface area contributed by atoms with Crippen LogP contribution in [0.1, 0.15) is 45.2 Å². The van der Waals surface area contributed by atoms with Gasteiger partial charge in [0.05, 0.1) is 12.3 Å². The van der Waals surface area contributed by atoms with Crippen LogP contribution >= 0.6 is 0 Å². The van der Waals surface area contributed by atoms with E-state index < -0.39 is 0 Å². The SMILES string of the molecule is CCCCCCOCc1cccc(NCC)n1. The fourth-order valence-corrected chi connectivity index (χ4v) is 1.65. The van der Waals surface area contributed by atoms with Gasteiger partial charge in [-0.25, -0.2) is 4.98 Å². The maximum atomic E-state index is 5.61. The second-order valence-electron chi connectivity index (χ2n) is 4.16. The lowest BCUT2D eigenvalue weighted by Crippen LogP contribution is -2.02. The van der Waals surface area contributed by atoms with E-state index in [0.29, 0.717) is 6.61 Å². The van der Waals surface area contributed by atoms with Crippen molar-refractivity contribution >= 4 is 5.82 Å². The number of aromatic nitrogens is 1. The minimum atomic E-state index is 0.616. The third-order valence-electron chi connectivity index (χ3n) is 2.56. The summed E-state index contributed by atoms with van der Waals surface area (Å²) in [6.45, 7) is 6.64. The molecule has 0 aromatic carbocycles. The molecule has 96 valence electrons. The summed E-state index contributed by atoms with van der Waals surface area (Å²) in [5.74, 6) is 0.930. The summed E-state index contributed by atoms with van der Waals surface area (Å²) in [5, 5.41) is 3.20. The molecule has 0 amide bonds. The molecule has 17 heavy (non-hydrogen) atoms. The summed E-state index contributed by atoms with van der Waals surface area (Å²) in [6.07, 6.45) is 4.99. The van der Waals surface area contributed by atoms with Crippen molar-refractivity contribution in [2.75, 3.05) is 18.5 Å². The first-order chi connectivity index (χ1) is 8.36. The number of rotatable bonds is 9. The molecule has 0 bridgehead atoms. The van der Waals surface area contributed by atoms with E-state index in [1.807, 2.05) is 18.2 Å². The van der Waals surface area contributed by atoms with Gasteiger partial charge in [-0.2, -0.15) is 0 Å². The van der Waals surface area contributed by atoms with E-state index in [4.69, 9.17) is 4.74 Å². The largest absolute Gasteiger partial charge is 0.375 e. The van der Waals surface area contributed by atoms with Crippen LogP contribution in [0.25, 0.3) is 0 Å². The van der Waals surface area contributed by atoms with Crippen molar-refractivity contribution in [2.24, 2.45) is 0 Å². The van der Waals surface area contributed by atoms with E-state index in [1.54, 1.807) is 0 Å². The summed E-state index contributed by atoms with van der Waals surface area (Å²) in [7, 11) is 0. The van der Waals surface area contributed by atoms with E-state index in [0.717, 1.165) is 31.1 Å². The van der Waals surface area contributed by atoms with Crippen LogP contribution in [-0.4, -0.2) is 18.1 Å². The Labute approximate surface area is 105 Å². The number of ether oxygens (including phenoxy) is 1. The third-order valence-corrected chi connectivity index (χ3v) is 2.56. The fourth-order valence-electron chi connectivity index (χ4n) is 1.65. The highest BCUT2D eigenvalue weighted by atomic mass is 16.5. The van der Waals surface area contributed by atoms with Gasteiger partial charge < -0.3 is 10.1 Å². The van der Waals surface area contributed by atoms with Gasteiger partial charge in [0.2, 0.25) is 0 Å². The fraction of sp³-hybridized carbons (Fsp3) is 0.643. The first-order valence-corrected chi connectivity index (χ1v) is 6.64. The number of hydrogen-bond donors (Lipinski definition) is 1. The number of unbranched alkanes of at least 4 members (excludes halogenated alkanes) is 3. The van der Waals surface area contributed by atoms with Crippen molar-refractivity contribution in [3.8, 4) is 0 Å². The van der Waals surface area contributed by atoms with Gasteiger partial charge >= 0.3 is 0 Å². The van der Waals surface area contributed by atoms with Crippen LogP contribution in [0.4, 0.5) is 5.82 Å². The molecule has 0 saturated carbocycles. The van der Waals surface area contributed by atoms with Crippen molar-refractivity contribution in [2.45, 2.75) is 46.1 Å². The molecule has 0 aliphatic rings. The molecule has 1 aromatic heterocycles. The Hall–Kier alpha value is -1.09. The number of anilines is 1. The summed E-state index contributed by atoms with van der Waals surface area (Å²) in [5.41, 5.74) is 0.999. The first-order valence-electron chi connectivity index (χ1n) is 6.64. The molecule has 0 unspecified atom stereocenters. The second-order valence-corrected chi connectivity index (χ2v) is 4.16. The number of nitrogens with zero attached hydrogens (tertiary/aromatic N) is 1. The number of pyridine rings is 1. The number of hydrogen-bond acceptors (Lipinski definition) is 3.